The summed E-state index contributed by atoms with van der Waals surface area (Å²) < 4.78 is 35.0. The quantitative estimate of drug-likeness (QED) is 0.0215. The van der Waals surface area contributed by atoms with Crippen LogP contribution in [0.1, 0.15) is 194 Å². The monoisotopic (exact) mass is 851 g/mol. The van der Waals surface area contributed by atoms with E-state index in [9.17, 15) is 14.3 Å². The predicted octanol–water partition coefficient (Wildman–Crippen LogP) is 14.5. The molecule has 59 heavy (non-hydrogen) atoms. The van der Waals surface area contributed by atoms with Gasteiger partial charge in [-0.3, -0.25) is 13.8 Å². The van der Waals surface area contributed by atoms with Crippen molar-refractivity contribution in [3.05, 3.63) is 60.8 Å². The molecule has 0 bridgehead atoms. The average molecular weight is 851 g/mol. The highest BCUT2D eigenvalue weighted by Crippen LogP contribution is 2.43. The van der Waals surface area contributed by atoms with Crippen LogP contribution in [-0.4, -0.2) is 75.6 Å². The van der Waals surface area contributed by atoms with Crippen molar-refractivity contribution in [1.29, 1.82) is 0 Å². The predicted molar refractivity (Wildman–Crippen MR) is 252 cm³/mol. The highest BCUT2D eigenvalue weighted by molar-refractivity contribution is 7.47. The Morgan fingerprint density at radius 1 is 0.542 bits per heavy atom. The Kier molecular flexibility index (Phi) is 41.6. The number of allylic oxidation sites excluding steroid dienone is 10. The maximum Gasteiger partial charge on any atom is 0.472 e. The molecule has 0 radical (unpaired) electrons. The van der Waals surface area contributed by atoms with Crippen LogP contribution in [0.5, 0.6) is 0 Å². The number of phosphoric ester groups is 1. The van der Waals surface area contributed by atoms with E-state index in [2.05, 4.69) is 74.6 Å². The van der Waals surface area contributed by atoms with E-state index in [1.807, 2.05) is 21.1 Å². The molecule has 9 heteroatoms. The van der Waals surface area contributed by atoms with Gasteiger partial charge in [0.2, 0.25) is 0 Å². The zero-order chi connectivity index (χ0) is 43.4. The van der Waals surface area contributed by atoms with E-state index < -0.39 is 13.9 Å². The van der Waals surface area contributed by atoms with Crippen molar-refractivity contribution in [3.8, 4) is 0 Å². The van der Waals surface area contributed by atoms with E-state index in [0.29, 0.717) is 24.1 Å². The number of phosphoric acid groups is 1. The number of hydrogen-bond donors (Lipinski definition) is 1. The topological polar surface area (TPSA) is 91.3 Å². The van der Waals surface area contributed by atoms with Crippen LogP contribution in [0.15, 0.2) is 60.8 Å². The molecule has 344 valence electrons. The van der Waals surface area contributed by atoms with Gasteiger partial charge in [0.1, 0.15) is 19.3 Å². The molecule has 0 aromatic heterocycles. The fraction of sp³-hybridized carbons (Fsp3) is 0.780. The minimum Gasteiger partial charge on any atom is -0.457 e. The molecule has 1 N–H and O–H groups in total. The van der Waals surface area contributed by atoms with E-state index in [1.165, 1.54) is 116 Å². The third-order valence-electron chi connectivity index (χ3n) is 10.1. The van der Waals surface area contributed by atoms with Crippen LogP contribution in [0.3, 0.4) is 0 Å². The van der Waals surface area contributed by atoms with Crippen molar-refractivity contribution in [3.63, 3.8) is 0 Å². The lowest BCUT2D eigenvalue weighted by molar-refractivity contribution is -0.870. The first-order valence-electron chi connectivity index (χ1n) is 24.0. The van der Waals surface area contributed by atoms with Crippen molar-refractivity contribution in [2.75, 3.05) is 54.1 Å². The first kappa shape index (κ1) is 57.2. The largest absolute Gasteiger partial charge is 0.472 e. The summed E-state index contributed by atoms with van der Waals surface area (Å²) in [6.07, 6.45) is 54.0. The normalized spacial score (nSPS) is 14.2. The van der Waals surface area contributed by atoms with Gasteiger partial charge in [-0.25, -0.2) is 4.57 Å². The maximum atomic E-state index is 12.7. The van der Waals surface area contributed by atoms with Crippen LogP contribution in [0.2, 0.25) is 0 Å². The van der Waals surface area contributed by atoms with E-state index in [1.54, 1.807) is 0 Å². The minimum atomic E-state index is -4.28. The molecule has 2 unspecified atom stereocenters. The number of quaternary nitrogens is 1. The molecule has 0 aliphatic carbocycles. The molecule has 0 heterocycles. The molecule has 0 rings (SSSR count). The van der Waals surface area contributed by atoms with Crippen LogP contribution in [0.4, 0.5) is 0 Å². The summed E-state index contributed by atoms with van der Waals surface area (Å²) in [5.41, 5.74) is 0. The van der Waals surface area contributed by atoms with Crippen LogP contribution in [0.25, 0.3) is 0 Å². The summed E-state index contributed by atoms with van der Waals surface area (Å²) in [6, 6.07) is 0. The van der Waals surface area contributed by atoms with Crippen molar-refractivity contribution >= 4 is 13.8 Å². The Morgan fingerprint density at radius 2 is 0.983 bits per heavy atom. The maximum absolute atomic E-state index is 12.7. The number of rotatable bonds is 44. The lowest BCUT2D eigenvalue weighted by atomic mass is 10.0. The summed E-state index contributed by atoms with van der Waals surface area (Å²) in [5, 5.41) is 0. The summed E-state index contributed by atoms with van der Waals surface area (Å²) in [6.45, 7) is 5.46. The number of nitrogens with zero attached hydrogens (tertiary/aromatic N) is 1. The molecule has 0 fully saturated rings. The molecule has 0 aliphatic heterocycles. The van der Waals surface area contributed by atoms with Gasteiger partial charge in [-0.15, -0.1) is 0 Å². The van der Waals surface area contributed by atoms with Crippen LogP contribution < -0.4 is 0 Å². The average Bonchev–Trinajstić information content (AvgIpc) is 3.19. The van der Waals surface area contributed by atoms with E-state index in [-0.39, 0.29) is 25.8 Å². The molecule has 0 spiro atoms. The Bertz CT molecular complexity index is 1130. The zero-order valence-electron chi connectivity index (χ0n) is 39.0. The highest BCUT2D eigenvalue weighted by atomic mass is 31.2. The summed E-state index contributed by atoms with van der Waals surface area (Å²) in [7, 11) is 1.66. The second-order valence-corrected chi connectivity index (χ2v) is 18.6. The molecule has 0 saturated carbocycles. The summed E-state index contributed by atoms with van der Waals surface area (Å²) in [5.74, 6) is -0.320. The van der Waals surface area contributed by atoms with Gasteiger partial charge in [0.05, 0.1) is 34.4 Å². The summed E-state index contributed by atoms with van der Waals surface area (Å²) >= 11 is 0. The van der Waals surface area contributed by atoms with Gasteiger partial charge in [-0.2, -0.15) is 0 Å². The molecule has 0 saturated heterocycles. The molecule has 8 nitrogen and oxygen atoms in total. The van der Waals surface area contributed by atoms with Crippen LogP contribution in [-0.2, 0) is 27.9 Å². The second-order valence-electron chi connectivity index (χ2n) is 17.1. The Morgan fingerprint density at radius 3 is 1.49 bits per heavy atom. The number of esters is 1. The molecular weight excluding hydrogens is 758 g/mol. The molecule has 2 atom stereocenters. The molecule has 0 aliphatic rings. The number of ether oxygens (including phenoxy) is 2. The second kappa shape index (κ2) is 42.9. The third-order valence-corrected chi connectivity index (χ3v) is 11.0. The molecule has 0 aromatic carbocycles. The minimum absolute atomic E-state index is 0.0854. The Balaban J connectivity index is 4.10. The zero-order valence-corrected chi connectivity index (χ0v) is 39.9. The smallest absolute Gasteiger partial charge is 0.457 e. The third kappa shape index (κ3) is 47.1. The van der Waals surface area contributed by atoms with Gasteiger partial charge in [0.15, 0.2) is 0 Å². The first-order valence-corrected chi connectivity index (χ1v) is 25.5. The van der Waals surface area contributed by atoms with Gasteiger partial charge in [-0.05, 0) is 70.6 Å². The van der Waals surface area contributed by atoms with Gasteiger partial charge in [-0.1, -0.05) is 177 Å². The molecule has 0 amide bonds. The van der Waals surface area contributed by atoms with E-state index in [4.69, 9.17) is 18.5 Å². The van der Waals surface area contributed by atoms with Crippen molar-refractivity contribution in [1.82, 2.24) is 0 Å². The van der Waals surface area contributed by atoms with E-state index >= 15 is 0 Å². The Hall–Kier alpha value is -1.80. The highest BCUT2D eigenvalue weighted by Gasteiger charge is 2.26. The van der Waals surface area contributed by atoms with Crippen LogP contribution in [0, 0.1) is 0 Å². The standard InChI is InChI=1S/C50H92NO7P/c1-6-8-10-12-14-16-18-20-21-22-23-24-25-26-27-28-29-30-31-32-33-35-37-39-41-43-50(52)58-49(48-57-59(53,54)56-46-44-51(3,4)5)47-55-45-42-40-38-36-34-19-17-15-13-11-9-7-2/h8,10,13-16,20-21,23-24,49H,6-7,9,11-12,17-19,22,25-48H2,1-5H3/p+1/b10-8-,15-13-,16-14-,21-20-,24-23-. The number of carbonyl (C=O) groups is 1. The van der Waals surface area contributed by atoms with Crippen molar-refractivity contribution < 1.29 is 37.3 Å². The van der Waals surface area contributed by atoms with Gasteiger partial charge < -0.3 is 18.9 Å². The molecule has 0 aromatic rings. The van der Waals surface area contributed by atoms with Gasteiger partial charge in [0, 0.05) is 13.0 Å². The van der Waals surface area contributed by atoms with Crippen molar-refractivity contribution in [2.45, 2.75) is 200 Å². The van der Waals surface area contributed by atoms with Gasteiger partial charge >= 0.3 is 13.8 Å². The number of likely N-dealkylation sites (N-methyl/N-ethyl adjacent to an activating group) is 1. The fourth-order valence-electron chi connectivity index (χ4n) is 6.35. The number of hydrogen-bond acceptors (Lipinski definition) is 6. The van der Waals surface area contributed by atoms with Crippen LogP contribution >= 0.6 is 7.82 Å². The SMILES string of the molecule is CC/C=C\C/C=C\C/C=C\C/C=C\CCCCCCCCCCCCCCC(=O)OC(COCCCCCCCC/C=C\CCCC)COP(=O)(O)OCC[N+](C)(C)C. The first-order chi connectivity index (χ1) is 28.6. The Labute approximate surface area is 364 Å². The number of unbranched alkanes of at least 4 members (excludes halogenated alkanes) is 20. The fourth-order valence-corrected chi connectivity index (χ4v) is 7.09. The summed E-state index contributed by atoms with van der Waals surface area (Å²) in [4.78, 5) is 22.9. The van der Waals surface area contributed by atoms with Gasteiger partial charge in [0.25, 0.3) is 0 Å². The van der Waals surface area contributed by atoms with E-state index in [0.717, 1.165) is 57.8 Å². The molecular formula is C50H93NO7P+. The number of carbonyl (C=O) groups excluding carboxylic acids is 1. The van der Waals surface area contributed by atoms with Crippen molar-refractivity contribution in [2.24, 2.45) is 0 Å². The lowest BCUT2D eigenvalue weighted by Gasteiger charge is -2.24. The lowest BCUT2D eigenvalue weighted by Crippen LogP contribution is -2.37.